The first-order valence-corrected chi connectivity index (χ1v) is 10.0. The molecule has 3 aromatic rings. The van der Waals surface area contributed by atoms with E-state index in [-0.39, 0.29) is 18.2 Å². The topological polar surface area (TPSA) is 75.4 Å². The molecular formula is C23H25N3O3. The molecule has 2 heterocycles. The van der Waals surface area contributed by atoms with Crippen molar-refractivity contribution in [2.24, 2.45) is 11.8 Å². The maximum absolute atomic E-state index is 13.1. The van der Waals surface area contributed by atoms with Gasteiger partial charge in [0.1, 0.15) is 5.69 Å². The van der Waals surface area contributed by atoms with Gasteiger partial charge in [0.15, 0.2) is 5.58 Å². The third kappa shape index (κ3) is 4.16. The van der Waals surface area contributed by atoms with Crippen molar-refractivity contribution < 1.29 is 14.1 Å². The highest BCUT2D eigenvalue weighted by atomic mass is 16.5. The number of anilines is 1. The second-order valence-electron chi connectivity index (χ2n) is 8.05. The van der Waals surface area contributed by atoms with E-state index in [0.717, 1.165) is 24.9 Å². The molecule has 0 bridgehead atoms. The molecule has 29 heavy (non-hydrogen) atoms. The normalized spacial score (nSPS) is 19.3. The van der Waals surface area contributed by atoms with Crippen LogP contribution in [0.5, 0.6) is 0 Å². The van der Waals surface area contributed by atoms with Crippen molar-refractivity contribution in [3.8, 4) is 0 Å². The Morgan fingerprint density at radius 2 is 1.76 bits per heavy atom. The van der Waals surface area contributed by atoms with Gasteiger partial charge in [-0.25, -0.2) is 0 Å². The van der Waals surface area contributed by atoms with Gasteiger partial charge >= 0.3 is 0 Å². The second kappa shape index (κ2) is 8.07. The number of rotatable bonds is 4. The summed E-state index contributed by atoms with van der Waals surface area (Å²) in [6.45, 7) is 5.84. The van der Waals surface area contributed by atoms with E-state index < -0.39 is 0 Å². The molecule has 0 spiro atoms. The molecule has 0 radical (unpaired) electrons. The van der Waals surface area contributed by atoms with Crippen LogP contribution in [0.15, 0.2) is 53.1 Å². The molecule has 2 amide bonds. The lowest BCUT2D eigenvalue weighted by atomic mass is 9.91. The van der Waals surface area contributed by atoms with E-state index in [1.165, 1.54) is 0 Å². The van der Waals surface area contributed by atoms with Crippen molar-refractivity contribution in [1.29, 1.82) is 0 Å². The number of amides is 2. The van der Waals surface area contributed by atoms with E-state index in [1.54, 1.807) is 12.1 Å². The van der Waals surface area contributed by atoms with Crippen LogP contribution in [0.4, 0.5) is 5.69 Å². The number of carbonyl (C=O) groups is 2. The van der Waals surface area contributed by atoms with Crippen molar-refractivity contribution in [2.75, 3.05) is 18.4 Å². The van der Waals surface area contributed by atoms with E-state index in [0.29, 0.717) is 34.4 Å². The van der Waals surface area contributed by atoms with Crippen molar-refractivity contribution in [3.05, 3.63) is 59.8 Å². The van der Waals surface area contributed by atoms with Gasteiger partial charge in [-0.15, -0.1) is 0 Å². The zero-order valence-electron chi connectivity index (χ0n) is 16.7. The van der Waals surface area contributed by atoms with E-state index in [9.17, 15) is 9.59 Å². The highest BCUT2D eigenvalue weighted by Gasteiger charge is 2.27. The van der Waals surface area contributed by atoms with E-state index in [2.05, 4.69) is 24.3 Å². The fourth-order valence-electron chi connectivity index (χ4n) is 4.19. The minimum atomic E-state index is -0.232. The lowest BCUT2D eigenvalue weighted by Gasteiger charge is -2.35. The molecule has 1 fully saturated rings. The van der Waals surface area contributed by atoms with Gasteiger partial charge < -0.3 is 14.7 Å². The maximum Gasteiger partial charge on any atom is 0.255 e. The van der Waals surface area contributed by atoms with Crippen molar-refractivity contribution in [1.82, 2.24) is 10.1 Å². The summed E-state index contributed by atoms with van der Waals surface area (Å²) in [6.07, 6.45) is 1.21. The van der Waals surface area contributed by atoms with Gasteiger partial charge in [0.2, 0.25) is 5.91 Å². The van der Waals surface area contributed by atoms with Gasteiger partial charge in [-0.2, -0.15) is 0 Å². The Bertz CT molecular complexity index is 1030. The summed E-state index contributed by atoms with van der Waals surface area (Å²) >= 11 is 0. The van der Waals surface area contributed by atoms with Crippen LogP contribution in [-0.4, -0.2) is 35.0 Å². The third-order valence-corrected chi connectivity index (χ3v) is 5.37. The minimum absolute atomic E-state index is 0.0359. The number of nitrogens with zero attached hydrogens (tertiary/aromatic N) is 2. The largest absolute Gasteiger partial charge is 0.356 e. The number of likely N-dealkylation sites (tertiary alicyclic amines) is 1. The molecule has 1 N–H and O–H groups in total. The maximum atomic E-state index is 13.1. The van der Waals surface area contributed by atoms with Crippen LogP contribution in [0.2, 0.25) is 0 Å². The average molecular weight is 391 g/mol. The predicted molar refractivity (Wildman–Crippen MR) is 112 cm³/mol. The molecular weight excluding hydrogens is 366 g/mol. The molecule has 150 valence electrons. The fraction of sp³-hybridized carbons (Fsp3) is 0.348. The molecule has 1 aliphatic rings. The number of carbonyl (C=O) groups excluding carboxylic acids is 2. The first-order chi connectivity index (χ1) is 14.0. The number of aromatic nitrogens is 1. The summed E-state index contributed by atoms with van der Waals surface area (Å²) in [6, 6.07) is 14.6. The lowest BCUT2D eigenvalue weighted by Crippen LogP contribution is -2.42. The summed E-state index contributed by atoms with van der Waals surface area (Å²) in [5, 5.41) is 7.72. The quantitative estimate of drug-likeness (QED) is 0.726. The Labute approximate surface area is 169 Å². The van der Waals surface area contributed by atoms with Crippen molar-refractivity contribution in [3.63, 3.8) is 0 Å². The Morgan fingerprint density at radius 1 is 1.07 bits per heavy atom. The van der Waals surface area contributed by atoms with Crippen LogP contribution in [0.1, 0.15) is 36.3 Å². The number of hydrogen-bond acceptors (Lipinski definition) is 4. The number of fused-ring (bicyclic) bond motifs is 1. The molecule has 0 aliphatic carbocycles. The van der Waals surface area contributed by atoms with Crippen molar-refractivity contribution >= 4 is 28.5 Å². The van der Waals surface area contributed by atoms with Gasteiger partial charge in [-0.1, -0.05) is 43.3 Å². The Hall–Kier alpha value is -3.15. The summed E-state index contributed by atoms with van der Waals surface area (Å²) < 4.78 is 5.27. The number of hydrogen-bond donors (Lipinski definition) is 1. The Morgan fingerprint density at radius 3 is 2.55 bits per heavy atom. The van der Waals surface area contributed by atoms with Crippen LogP contribution in [-0.2, 0) is 11.2 Å². The minimum Gasteiger partial charge on any atom is -0.356 e. The number of nitrogens with one attached hydrogen (secondary N) is 1. The molecule has 2 aromatic carbocycles. The zero-order valence-corrected chi connectivity index (χ0v) is 16.7. The van der Waals surface area contributed by atoms with Crippen LogP contribution < -0.4 is 5.32 Å². The summed E-state index contributed by atoms with van der Waals surface area (Å²) in [5.74, 6) is 0.686. The van der Waals surface area contributed by atoms with Crippen molar-refractivity contribution in [2.45, 2.75) is 26.7 Å². The van der Waals surface area contributed by atoms with E-state index in [4.69, 9.17) is 4.52 Å². The predicted octanol–water partition coefficient (Wildman–Crippen LogP) is 4.13. The molecule has 2 atom stereocenters. The number of piperidine rings is 1. The third-order valence-electron chi connectivity index (χ3n) is 5.37. The van der Waals surface area contributed by atoms with Gasteiger partial charge in [-0.05, 0) is 42.5 Å². The Balaban J connectivity index is 1.51. The van der Waals surface area contributed by atoms with E-state index >= 15 is 0 Å². The smallest absolute Gasteiger partial charge is 0.255 e. The SMILES string of the molecule is C[C@H]1C[C@H](C)CN(C(=O)c2ccccc2NC(=O)Cc2noc3ccccc23)C1. The first kappa shape index (κ1) is 19.2. The van der Waals surface area contributed by atoms with Crippen LogP contribution >= 0.6 is 0 Å². The highest BCUT2D eigenvalue weighted by Crippen LogP contribution is 2.25. The monoisotopic (exact) mass is 391 g/mol. The number of para-hydroxylation sites is 2. The molecule has 4 rings (SSSR count). The highest BCUT2D eigenvalue weighted by molar-refractivity contribution is 6.04. The molecule has 0 saturated carbocycles. The van der Waals surface area contributed by atoms with Gasteiger partial charge in [0.25, 0.3) is 5.91 Å². The van der Waals surface area contributed by atoms with Crippen LogP contribution in [0.3, 0.4) is 0 Å². The second-order valence-corrected chi connectivity index (χ2v) is 8.05. The molecule has 6 heteroatoms. The average Bonchev–Trinajstić information content (AvgIpc) is 3.10. The van der Waals surface area contributed by atoms with Gasteiger partial charge in [0.05, 0.1) is 17.7 Å². The fourth-order valence-corrected chi connectivity index (χ4v) is 4.19. The molecule has 0 unspecified atom stereocenters. The van der Waals surface area contributed by atoms with Gasteiger partial charge in [0, 0.05) is 18.5 Å². The summed E-state index contributed by atoms with van der Waals surface area (Å²) in [5.41, 5.74) is 2.29. The Kier molecular flexibility index (Phi) is 5.34. The van der Waals surface area contributed by atoms with Gasteiger partial charge in [-0.3, -0.25) is 9.59 Å². The first-order valence-electron chi connectivity index (χ1n) is 10.0. The molecule has 6 nitrogen and oxygen atoms in total. The standard InChI is InChI=1S/C23H25N3O3/c1-15-11-16(2)14-26(13-15)23(28)18-8-3-5-9-19(18)24-22(27)12-20-17-7-4-6-10-21(17)29-25-20/h3-10,15-16H,11-14H2,1-2H3,(H,24,27)/t15-,16-/m0/s1. The lowest BCUT2D eigenvalue weighted by molar-refractivity contribution is -0.115. The molecule has 1 aliphatic heterocycles. The number of benzene rings is 2. The molecule has 1 saturated heterocycles. The summed E-state index contributed by atoms with van der Waals surface area (Å²) in [4.78, 5) is 27.7. The van der Waals surface area contributed by atoms with Crippen LogP contribution in [0.25, 0.3) is 11.0 Å². The van der Waals surface area contributed by atoms with Crippen LogP contribution in [0, 0.1) is 11.8 Å². The van der Waals surface area contributed by atoms with E-state index in [1.807, 2.05) is 41.3 Å². The zero-order chi connectivity index (χ0) is 20.4. The molecule has 1 aromatic heterocycles. The summed E-state index contributed by atoms with van der Waals surface area (Å²) in [7, 11) is 0.